The van der Waals surface area contributed by atoms with Crippen molar-refractivity contribution in [2.45, 2.75) is 19.6 Å². The summed E-state index contributed by atoms with van der Waals surface area (Å²) in [6, 6.07) is 11.7. The standard InChI is InChI=1S/C21H21BrN2O5/c1-12-16(20(25)29-11-13-7-5-4-6-8-13)18(24-21(26)23-12)14-9-10-15(27-2)19(28-3)17(14)22/h4-10,18H,11H2,1-3H3,(H2,23,24,26). The van der Waals surface area contributed by atoms with Crippen molar-refractivity contribution in [3.05, 3.63) is 69.3 Å². The zero-order valence-corrected chi connectivity index (χ0v) is 17.8. The van der Waals surface area contributed by atoms with E-state index in [1.165, 1.54) is 14.2 Å². The smallest absolute Gasteiger partial charge is 0.338 e. The van der Waals surface area contributed by atoms with Gasteiger partial charge in [-0.2, -0.15) is 0 Å². The quantitative estimate of drug-likeness (QED) is 0.639. The molecule has 0 bridgehead atoms. The summed E-state index contributed by atoms with van der Waals surface area (Å²) in [6.45, 7) is 1.80. The summed E-state index contributed by atoms with van der Waals surface area (Å²) in [7, 11) is 3.05. The second-order valence-electron chi connectivity index (χ2n) is 6.34. The molecule has 2 N–H and O–H groups in total. The molecule has 1 unspecified atom stereocenters. The lowest BCUT2D eigenvalue weighted by atomic mass is 9.95. The van der Waals surface area contributed by atoms with Crippen LogP contribution in [-0.2, 0) is 16.1 Å². The van der Waals surface area contributed by atoms with Gasteiger partial charge in [0, 0.05) is 5.70 Å². The first-order chi connectivity index (χ1) is 14.0. The summed E-state index contributed by atoms with van der Waals surface area (Å²) in [6.07, 6.45) is 0. The third-order valence-electron chi connectivity index (χ3n) is 4.53. The molecular formula is C21H21BrN2O5. The number of rotatable bonds is 6. The molecule has 1 aliphatic heterocycles. The molecule has 2 aromatic carbocycles. The van der Waals surface area contributed by atoms with Gasteiger partial charge >= 0.3 is 12.0 Å². The molecule has 0 aromatic heterocycles. The van der Waals surface area contributed by atoms with E-state index in [0.717, 1.165) is 5.56 Å². The predicted octanol–water partition coefficient (Wildman–Crippen LogP) is 3.84. The second-order valence-corrected chi connectivity index (χ2v) is 7.13. The lowest BCUT2D eigenvalue weighted by molar-refractivity contribution is -0.140. The number of allylic oxidation sites excluding steroid dienone is 1. The number of hydrogen-bond donors (Lipinski definition) is 2. The van der Waals surface area contributed by atoms with Gasteiger partial charge in [0.25, 0.3) is 0 Å². The lowest BCUT2D eigenvalue weighted by Crippen LogP contribution is -2.45. The van der Waals surface area contributed by atoms with Crippen LogP contribution in [0.1, 0.15) is 24.1 Å². The van der Waals surface area contributed by atoms with E-state index in [-0.39, 0.29) is 6.61 Å². The molecule has 29 heavy (non-hydrogen) atoms. The molecule has 152 valence electrons. The van der Waals surface area contributed by atoms with Crippen LogP contribution in [0, 0.1) is 0 Å². The number of esters is 1. The van der Waals surface area contributed by atoms with E-state index in [2.05, 4.69) is 26.6 Å². The Kier molecular flexibility index (Phi) is 6.43. The van der Waals surface area contributed by atoms with Crippen LogP contribution in [0.25, 0.3) is 0 Å². The molecule has 8 heteroatoms. The highest BCUT2D eigenvalue weighted by Gasteiger charge is 2.34. The number of amides is 2. The number of methoxy groups -OCH3 is 2. The Morgan fingerprint density at radius 3 is 2.48 bits per heavy atom. The van der Waals surface area contributed by atoms with Gasteiger partial charge in [-0.05, 0) is 40.0 Å². The summed E-state index contributed by atoms with van der Waals surface area (Å²) in [5.41, 5.74) is 2.26. The maximum absolute atomic E-state index is 12.9. The fourth-order valence-electron chi connectivity index (χ4n) is 3.13. The van der Waals surface area contributed by atoms with Crippen LogP contribution in [0.3, 0.4) is 0 Å². The van der Waals surface area contributed by atoms with Crippen LogP contribution in [0.2, 0.25) is 0 Å². The normalized spacial score (nSPS) is 16.0. The number of ether oxygens (including phenoxy) is 3. The van der Waals surface area contributed by atoms with Gasteiger partial charge in [-0.25, -0.2) is 9.59 Å². The number of carbonyl (C=O) groups excluding carboxylic acids is 2. The van der Waals surface area contributed by atoms with Crippen LogP contribution < -0.4 is 20.1 Å². The van der Waals surface area contributed by atoms with Crippen LogP contribution >= 0.6 is 15.9 Å². The van der Waals surface area contributed by atoms with Crippen molar-refractivity contribution in [2.75, 3.05) is 14.2 Å². The van der Waals surface area contributed by atoms with Crippen molar-refractivity contribution in [1.29, 1.82) is 0 Å². The Morgan fingerprint density at radius 1 is 1.10 bits per heavy atom. The van der Waals surface area contributed by atoms with Crippen LogP contribution in [0.4, 0.5) is 4.79 Å². The minimum Gasteiger partial charge on any atom is -0.493 e. The van der Waals surface area contributed by atoms with Crippen molar-refractivity contribution in [1.82, 2.24) is 10.6 Å². The molecule has 7 nitrogen and oxygen atoms in total. The van der Waals surface area contributed by atoms with Crippen molar-refractivity contribution < 1.29 is 23.8 Å². The molecule has 0 spiro atoms. The average molecular weight is 461 g/mol. The Balaban J connectivity index is 1.95. The molecule has 1 heterocycles. The summed E-state index contributed by atoms with van der Waals surface area (Å²) in [4.78, 5) is 25.0. The SMILES string of the molecule is COc1ccc(C2NC(=O)NC(C)=C2C(=O)OCc2ccccc2)c(Br)c1OC. The van der Waals surface area contributed by atoms with E-state index >= 15 is 0 Å². The van der Waals surface area contributed by atoms with Crippen molar-refractivity contribution in [2.24, 2.45) is 0 Å². The second kappa shape index (κ2) is 9.00. The van der Waals surface area contributed by atoms with Crippen molar-refractivity contribution in [3.63, 3.8) is 0 Å². The first-order valence-corrected chi connectivity index (χ1v) is 9.65. The number of hydrogen-bond acceptors (Lipinski definition) is 5. The number of nitrogens with one attached hydrogen (secondary N) is 2. The highest BCUT2D eigenvalue weighted by molar-refractivity contribution is 9.10. The maximum atomic E-state index is 12.9. The molecule has 0 saturated carbocycles. The van der Waals surface area contributed by atoms with E-state index < -0.39 is 18.0 Å². The topological polar surface area (TPSA) is 85.9 Å². The van der Waals surface area contributed by atoms with Crippen molar-refractivity contribution >= 4 is 27.9 Å². The van der Waals surface area contributed by atoms with Gasteiger partial charge in [-0.3, -0.25) is 0 Å². The largest absolute Gasteiger partial charge is 0.493 e. The van der Waals surface area contributed by atoms with Gasteiger partial charge in [0.15, 0.2) is 11.5 Å². The van der Waals surface area contributed by atoms with E-state index in [9.17, 15) is 9.59 Å². The van der Waals surface area contributed by atoms with E-state index in [1.54, 1.807) is 19.1 Å². The minimum absolute atomic E-state index is 0.129. The zero-order valence-electron chi connectivity index (χ0n) is 16.2. The maximum Gasteiger partial charge on any atom is 0.338 e. The van der Waals surface area contributed by atoms with Gasteiger partial charge in [-0.1, -0.05) is 36.4 Å². The van der Waals surface area contributed by atoms with Crippen molar-refractivity contribution in [3.8, 4) is 11.5 Å². The zero-order chi connectivity index (χ0) is 21.0. The highest BCUT2D eigenvalue weighted by Crippen LogP contribution is 2.42. The van der Waals surface area contributed by atoms with Gasteiger partial charge in [0.2, 0.25) is 0 Å². The minimum atomic E-state index is -0.721. The Bertz CT molecular complexity index is 959. The van der Waals surface area contributed by atoms with Crippen LogP contribution in [-0.4, -0.2) is 26.2 Å². The number of urea groups is 1. The number of carbonyl (C=O) groups is 2. The fourth-order valence-corrected chi connectivity index (χ4v) is 3.84. The van der Waals surface area contributed by atoms with Crippen LogP contribution in [0.15, 0.2) is 58.2 Å². The monoisotopic (exact) mass is 460 g/mol. The first kappa shape index (κ1) is 20.7. The molecule has 2 amide bonds. The van der Waals surface area contributed by atoms with Gasteiger partial charge in [0.05, 0.1) is 30.3 Å². The molecule has 3 rings (SSSR count). The predicted molar refractivity (Wildman–Crippen MR) is 111 cm³/mol. The molecule has 1 aliphatic rings. The molecule has 0 aliphatic carbocycles. The first-order valence-electron chi connectivity index (χ1n) is 8.86. The van der Waals surface area contributed by atoms with E-state index in [4.69, 9.17) is 14.2 Å². The average Bonchev–Trinajstić information content (AvgIpc) is 2.71. The fraction of sp³-hybridized carbons (Fsp3) is 0.238. The molecule has 2 aromatic rings. The van der Waals surface area contributed by atoms with E-state index in [0.29, 0.717) is 32.8 Å². The summed E-state index contributed by atoms with van der Waals surface area (Å²) >= 11 is 3.51. The molecule has 0 fully saturated rings. The van der Waals surface area contributed by atoms with Gasteiger partial charge in [-0.15, -0.1) is 0 Å². The van der Waals surface area contributed by atoms with Gasteiger partial charge < -0.3 is 24.8 Å². The summed E-state index contributed by atoms with van der Waals surface area (Å²) in [5, 5.41) is 5.42. The molecular weight excluding hydrogens is 440 g/mol. The Labute approximate surface area is 177 Å². The molecule has 1 atom stereocenters. The third kappa shape index (κ3) is 4.37. The Hall–Kier alpha value is -3.00. The lowest BCUT2D eigenvalue weighted by Gasteiger charge is -2.29. The molecule has 0 radical (unpaired) electrons. The van der Waals surface area contributed by atoms with Crippen LogP contribution in [0.5, 0.6) is 11.5 Å². The third-order valence-corrected chi connectivity index (χ3v) is 5.35. The summed E-state index contributed by atoms with van der Waals surface area (Å²) in [5.74, 6) is 0.468. The van der Waals surface area contributed by atoms with Gasteiger partial charge in [0.1, 0.15) is 6.61 Å². The number of benzene rings is 2. The van der Waals surface area contributed by atoms with E-state index in [1.807, 2.05) is 30.3 Å². The highest BCUT2D eigenvalue weighted by atomic mass is 79.9. The molecule has 0 saturated heterocycles. The number of halogens is 1. The summed E-state index contributed by atoms with van der Waals surface area (Å²) < 4.78 is 16.8. The Morgan fingerprint density at radius 2 is 1.83 bits per heavy atom.